The molecule has 42 heavy (non-hydrogen) atoms. The zero-order valence-corrected chi connectivity index (χ0v) is 20.3. The Labute approximate surface area is 232 Å². The fraction of sp³-hybridized carbons (Fsp3) is 0. The maximum absolute atomic E-state index is 14.1. The van der Waals surface area contributed by atoms with E-state index in [-0.39, 0.29) is 55.7 Å². The Morgan fingerprint density at radius 1 is 0.476 bits per heavy atom. The maximum atomic E-state index is 14.1. The summed E-state index contributed by atoms with van der Waals surface area (Å²) < 4.78 is 56.3. The highest BCUT2D eigenvalue weighted by atomic mass is 19.1. The van der Waals surface area contributed by atoms with Crippen LogP contribution < -0.4 is 0 Å². The monoisotopic (exact) mass is 556 g/mol. The molecule has 0 amide bonds. The van der Waals surface area contributed by atoms with Crippen LogP contribution in [0.2, 0.25) is 0 Å². The molecule has 194 valence electrons. The summed E-state index contributed by atoms with van der Waals surface area (Å²) in [5, 5.41) is 59.1. The lowest BCUT2D eigenvalue weighted by Gasteiger charge is -2.11. The van der Waals surface area contributed by atoms with Crippen LogP contribution in [0.1, 0.15) is 33.9 Å². The molecule has 2 aliphatic rings. The lowest BCUT2D eigenvalue weighted by atomic mass is 9.91. The highest BCUT2D eigenvalue weighted by Crippen LogP contribution is 2.53. The van der Waals surface area contributed by atoms with Crippen LogP contribution in [-0.2, 0) is 0 Å². The average molecular weight is 556 g/mol. The van der Waals surface area contributed by atoms with Gasteiger partial charge in [0.15, 0.2) is 11.6 Å². The first-order valence-corrected chi connectivity index (χ1v) is 11.2. The number of nitriles is 6. The standard InChI is InChI=1S/C28H4F4N10/c29-19-3-20(30)40-27(39-19)25-17(9-37)13-1-14-16(2-15(13)23(25)11(5-33)6-34)24(12(7-35)8-36)26(18(14)10-38)28-41-21(31)4-22(32)42-28/h1-4H. The normalized spacial score (nSPS) is 12.8. The third-order valence-corrected chi connectivity index (χ3v) is 6.18. The zero-order chi connectivity index (χ0) is 30.3. The second-order valence-corrected chi connectivity index (χ2v) is 8.29. The molecular formula is C28H4F4N10. The van der Waals surface area contributed by atoms with Gasteiger partial charge < -0.3 is 0 Å². The number of hydrogen-bond acceptors (Lipinski definition) is 10. The summed E-state index contributed by atoms with van der Waals surface area (Å²) >= 11 is 0. The van der Waals surface area contributed by atoms with E-state index in [1.165, 1.54) is 12.1 Å². The molecule has 0 saturated carbocycles. The van der Waals surface area contributed by atoms with Crippen molar-refractivity contribution >= 4 is 33.4 Å². The molecule has 10 nitrogen and oxygen atoms in total. The summed E-state index contributed by atoms with van der Waals surface area (Å²) in [6, 6.07) is 13.5. The largest absolute Gasteiger partial charge is 0.219 e. The van der Waals surface area contributed by atoms with Crippen molar-refractivity contribution in [2.24, 2.45) is 0 Å². The summed E-state index contributed by atoms with van der Waals surface area (Å²) in [4.78, 5) is 14.1. The molecule has 0 atom stereocenters. The van der Waals surface area contributed by atoms with Crippen molar-refractivity contribution in [1.82, 2.24) is 19.9 Å². The number of aromatic nitrogens is 4. The van der Waals surface area contributed by atoms with Gasteiger partial charge in [0.05, 0.1) is 11.1 Å². The highest BCUT2D eigenvalue weighted by molar-refractivity contribution is 6.29. The second kappa shape index (κ2) is 9.95. The number of halogens is 4. The van der Waals surface area contributed by atoms with Crippen LogP contribution >= 0.6 is 0 Å². The number of fused-ring (bicyclic) bond motifs is 2. The Bertz CT molecular complexity index is 1980. The average Bonchev–Trinajstić information content (AvgIpc) is 3.44. The van der Waals surface area contributed by atoms with E-state index >= 15 is 0 Å². The molecular weight excluding hydrogens is 552 g/mol. The Kier molecular flexibility index (Phi) is 6.30. The van der Waals surface area contributed by atoms with Gasteiger partial charge in [0.1, 0.15) is 47.6 Å². The third kappa shape index (κ3) is 3.91. The Balaban J connectivity index is 1.96. The predicted octanol–water partition coefficient (Wildman–Crippen LogP) is 4.32. The fourth-order valence-corrected chi connectivity index (χ4v) is 4.69. The molecule has 14 heteroatoms. The van der Waals surface area contributed by atoms with Gasteiger partial charge in [0.2, 0.25) is 23.8 Å². The topological polar surface area (TPSA) is 194 Å². The molecule has 0 spiro atoms. The van der Waals surface area contributed by atoms with Gasteiger partial charge in [-0.2, -0.15) is 69.1 Å². The summed E-state index contributed by atoms with van der Waals surface area (Å²) in [7, 11) is 0. The molecule has 5 rings (SSSR count). The summed E-state index contributed by atoms with van der Waals surface area (Å²) in [6.07, 6.45) is 0. The minimum atomic E-state index is -1.31. The van der Waals surface area contributed by atoms with E-state index in [4.69, 9.17) is 0 Å². The first-order valence-electron chi connectivity index (χ1n) is 11.2. The molecule has 0 radical (unpaired) electrons. The highest BCUT2D eigenvalue weighted by Gasteiger charge is 2.39. The first kappa shape index (κ1) is 26.6. The van der Waals surface area contributed by atoms with Crippen LogP contribution in [0.3, 0.4) is 0 Å². The number of nitrogens with zero attached hydrogens (tertiary/aromatic N) is 10. The van der Waals surface area contributed by atoms with Crippen LogP contribution in [0.15, 0.2) is 35.4 Å². The molecule has 0 saturated heterocycles. The predicted molar refractivity (Wildman–Crippen MR) is 131 cm³/mol. The molecule has 0 unspecified atom stereocenters. The summed E-state index contributed by atoms with van der Waals surface area (Å²) in [5.41, 5.74) is -3.38. The van der Waals surface area contributed by atoms with Gasteiger partial charge in [-0.25, -0.2) is 0 Å². The number of allylic oxidation sites excluding steroid dienone is 8. The van der Waals surface area contributed by atoms with Gasteiger partial charge in [-0.15, -0.1) is 0 Å². The van der Waals surface area contributed by atoms with Gasteiger partial charge in [-0.3, -0.25) is 0 Å². The summed E-state index contributed by atoms with van der Waals surface area (Å²) in [5.74, 6) is -6.57. The van der Waals surface area contributed by atoms with Crippen molar-refractivity contribution in [2.75, 3.05) is 0 Å². The summed E-state index contributed by atoms with van der Waals surface area (Å²) in [6.45, 7) is 0. The quantitative estimate of drug-likeness (QED) is 0.249. The zero-order valence-electron chi connectivity index (χ0n) is 20.3. The first-order chi connectivity index (χ1) is 20.2. The Morgan fingerprint density at radius 3 is 1.07 bits per heavy atom. The van der Waals surface area contributed by atoms with Crippen molar-refractivity contribution < 1.29 is 17.6 Å². The fourth-order valence-electron chi connectivity index (χ4n) is 4.69. The van der Waals surface area contributed by atoms with E-state index in [2.05, 4.69) is 19.9 Å². The third-order valence-electron chi connectivity index (χ3n) is 6.18. The molecule has 0 aliphatic heterocycles. The molecule has 0 fully saturated rings. The SMILES string of the molecule is N#CC(C#N)=C1C(c2nc(F)cc(F)n2)=C(C#N)c2cc3c(cc21)C(=C(C#N)C#N)C(c1nc(F)cc(F)n1)=C3C#N. The van der Waals surface area contributed by atoms with Crippen LogP contribution in [0, 0.1) is 91.8 Å². The van der Waals surface area contributed by atoms with E-state index < -0.39 is 46.6 Å². The smallest absolute Gasteiger partial charge is 0.199 e. The van der Waals surface area contributed by atoms with Crippen molar-refractivity contribution in [2.45, 2.75) is 0 Å². The van der Waals surface area contributed by atoms with Gasteiger partial charge >= 0.3 is 0 Å². The molecule has 0 bridgehead atoms. The van der Waals surface area contributed by atoms with Crippen LogP contribution in [-0.4, -0.2) is 19.9 Å². The van der Waals surface area contributed by atoms with Crippen LogP contribution in [0.5, 0.6) is 0 Å². The molecule has 1 aromatic carbocycles. The van der Waals surface area contributed by atoms with Crippen molar-refractivity contribution in [3.05, 3.63) is 93.1 Å². The van der Waals surface area contributed by atoms with E-state index in [0.29, 0.717) is 12.1 Å². The maximum Gasteiger partial charge on any atom is 0.219 e. The van der Waals surface area contributed by atoms with Gasteiger partial charge in [-0.1, -0.05) is 0 Å². The minimum absolute atomic E-state index is 0.0346. The molecule has 2 heterocycles. The molecule has 2 aliphatic carbocycles. The van der Waals surface area contributed by atoms with Gasteiger partial charge in [-0.05, 0) is 23.3 Å². The van der Waals surface area contributed by atoms with Crippen LogP contribution in [0.25, 0.3) is 33.4 Å². The second-order valence-electron chi connectivity index (χ2n) is 8.29. The molecule has 3 aromatic rings. The Hall–Kier alpha value is -7.00. The van der Waals surface area contributed by atoms with E-state index in [1.807, 2.05) is 12.1 Å². The lowest BCUT2D eigenvalue weighted by molar-refractivity contribution is 0.521. The number of benzene rings is 1. The number of hydrogen-bond donors (Lipinski definition) is 0. The number of rotatable bonds is 2. The van der Waals surface area contributed by atoms with E-state index in [1.54, 1.807) is 24.3 Å². The molecule has 2 aromatic heterocycles. The van der Waals surface area contributed by atoms with Crippen molar-refractivity contribution in [3.63, 3.8) is 0 Å². The minimum Gasteiger partial charge on any atom is -0.199 e. The van der Waals surface area contributed by atoms with E-state index in [0.717, 1.165) is 0 Å². The van der Waals surface area contributed by atoms with E-state index in [9.17, 15) is 49.1 Å². The Morgan fingerprint density at radius 2 is 0.786 bits per heavy atom. The lowest BCUT2D eigenvalue weighted by Crippen LogP contribution is -2.02. The van der Waals surface area contributed by atoms with Crippen LogP contribution in [0.4, 0.5) is 17.6 Å². The van der Waals surface area contributed by atoms with Crippen molar-refractivity contribution in [1.29, 1.82) is 31.6 Å². The van der Waals surface area contributed by atoms with Gasteiger partial charge in [0, 0.05) is 45.6 Å². The van der Waals surface area contributed by atoms with Gasteiger partial charge in [0.25, 0.3) is 0 Å². The molecule has 0 N–H and O–H groups in total. The van der Waals surface area contributed by atoms with Crippen molar-refractivity contribution in [3.8, 4) is 36.4 Å².